The summed E-state index contributed by atoms with van der Waals surface area (Å²) < 4.78 is 9.82. The van der Waals surface area contributed by atoms with Gasteiger partial charge >= 0.3 is 0 Å². The van der Waals surface area contributed by atoms with Gasteiger partial charge in [0, 0.05) is 35.0 Å². The van der Waals surface area contributed by atoms with E-state index in [1.807, 2.05) is 36.5 Å². The maximum atomic E-state index is 5.97. The maximum Gasteiger partial charge on any atom is 0.152 e. The summed E-state index contributed by atoms with van der Waals surface area (Å²) in [6.07, 6.45) is 1.86. The predicted molar refractivity (Wildman–Crippen MR) is 95.6 cm³/mol. The monoisotopic (exact) mass is 521 g/mol. The number of aromatic amines is 1. The molecule has 0 amide bonds. The van der Waals surface area contributed by atoms with E-state index in [2.05, 4.69) is 68.7 Å². The minimum atomic E-state index is 0.757. The van der Waals surface area contributed by atoms with E-state index in [-0.39, 0.29) is 0 Å². The minimum absolute atomic E-state index is 0.757. The molecular formula is C14H7Br4NO. The number of benzene rings is 2. The molecule has 2 aromatic carbocycles. The smallest absolute Gasteiger partial charge is 0.152 e. The summed E-state index contributed by atoms with van der Waals surface area (Å²) in [5.41, 5.74) is 1.04. The largest absolute Gasteiger partial charge is 0.455 e. The first-order valence-electron chi connectivity index (χ1n) is 5.63. The molecule has 102 valence electrons. The quantitative estimate of drug-likeness (QED) is 0.358. The molecule has 0 spiro atoms. The Morgan fingerprint density at radius 2 is 1.60 bits per heavy atom. The molecule has 0 aliphatic rings. The summed E-state index contributed by atoms with van der Waals surface area (Å²) in [5, 5.41) is 1.04. The third-order valence-electron chi connectivity index (χ3n) is 2.79. The van der Waals surface area contributed by atoms with Crippen LogP contribution in [0.4, 0.5) is 0 Å². The number of fused-ring (bicyclic) bond motifs is 1. The normalized spacial score (nSPS) is 11.0. The topological polar surface area (TPSA) is 25.0 Å². The second-order valence-corrected chi connectivity index (χ2v) is 7.56. The third-order valence-corrected chi connectivity index (χ3v) is 6.45. The van der Waals surface area contributed by atoms with Crippen molar-refractivity contribution in [1.82, 2.24) is 4.98 Å². The lowest BCUT2D eigenvalue weighted by Gasteiger charge is -2.07. The Labute approximate surface area is 149 Å². The fourth-order valence-electron chi connectivity index (χ4n) is 1.87. The minimum Gasteiger partial charge on any atom is -0.455 e. The molecule has 0 bridgehead atoms. The van der Waals surface area contributed by atoms with Gasteiger partial charge in [-0.05, 0) is 78.1 Å². The van der Waals surface area contributed by atoms with Crippen LogP contribution in [0.3, 0.4) is 0 Å². The highest BCUT2D eigenvalue weighted by Crippen LogP contribution is 2.38. The summed E-state index contributed by atoms with van der Waals surface area (Å²) in [6, 6.07) is 9.89. The van der Waals surface area contributed by atoms with Gasteiger partial charge in [-0.1, -0.05) is 15.9 Å². The van der Waals surface area contributed by atoms with Crippen molar-refractivity contribution in [3.8, 4) is 11.5 Å². The number of hydrogen-bond acceptors (Lipinski definition) is 1. The molecule has 3 rings (SSSR count). The molecule has 6 heteroatoms. The highest BCUT2D eigenvalue weighted by molar-refractivity contribution is 9.14. The first-order valence-corrected chi connectivity index (χ1v) is 8.81. The molecule has 0 aliphatic heterocycles. The maximum absolute atomic E-state index is 5.97. The van der Waals surface area contributed by atoms with E-state index in [4.69, 9.17) is 4.74 Å². The summed E-state index contributed by atoms with van der Waals surface area (Å²) in [4.78, 5) is 3.20. The lowest BCUT2D eigenvalue weighted by Crippen LogP contribution is -1.84. The third kappa shape index (κ3) is 2.84. The van der Waals surface area contributed by atoms with Gasteiger partial charge in [-0.25, -0.2) is 0 Å². The van der Waals surface area contributed by atoms with Crippen LogP contribution in [0, 0.1) is 0 Å². The SMILES string of the molecule is Brc1ccc2[nH]cc(Oc3cc(Br)c(Br)c(Br)c3)c2c1. The first-order chi connectivity index (χ1) is 9.54. The van der Waals surface area contributed by atoms with Crippen molar-refractivity contribution in [3.63, 3.8) is 0 Å². The van der Waals surface area contributed by atoms with Crippen LogP contribution in [0.2, 0.25) is 0 Å². The number of rotatable bonds is 2. The number of H-pyrrole nitrogens is 1. The second-order valence-electron chi connectivity index (χ2n) is 4.15. The van der Waals surface area contributed by atoms with Crippen molar-refractivity contribution in [2.24, 2.45) is 0 Å². The molecule has 0 fully saturated rings. The van der Waals surface area contributed by atoms with Gasteiger partial charge in [0.05, 0.1) is 0 Å². The van der Waals surface area contributed by atoms with Gasteiger partial charge in [0.1, 0.15) is 5.75 Å². The Balaban J connectivity index is 2.03. The Kier molecular flexibility index (Phi) is 4.26. The van der Waals surface area contributed by atoms with E-state index in [1.54, 1.807) is 0 Å². The number of ether oxygens (including phenoxy) is 1. The van der Waals surface area contributed by atoms with Crippen molar-refractivity contribution in [1.29, 1.82) is 0 Å². The van der Waals surface area contributed by atoms with Crippen molar-refractivity contribution in [2.45, 2.75) is 0 Å². The summed E-state index contributed by atoms with van der Waals surface area (Å²) in [7, 11) is 0. The molecule has 1 heterocycles. The molecule has 0 unspecified atom stereocenters. The number of halogens is 4. The standard InChI is InChI=1S/C14H7Br4NO/c15-7-1-2-12-9(3-7)13(6-19-12)20-8-4-10(16)14(18)11(17)5-8/h1-6,19H. The van der Waals surface area contributed by atoms with Gasteiger partial charge in [0.25, 0.3) is 0 Å². The lowest BCUT2D eigenvalue weighted by molar-refractivity contribution is 0.487. The number of aromatic nitrogens is 1. The van der Waals surface area contributed by atoms with Crippen molar-refractivity contribution >= 4 is 74.6 Å². The van der Waals surface area contributed by atoms with E-state index < -0.39 is 0 Å². The molecule has 1 N–H and O–H groups in total. The summed E-state index contributed by atoms with van der Waals surface area (Å²) in [5.74, 6) is 1.55. The summed E-state index contributed by atoms with van der Waals surface area (Å²) >= 11 is 13.9. The van der Waals surface area contributed by atoms with Gasteiger partial charge in [-0.3, -0.25) is 0 Å². The highest BCUT2D eigenvalue weighted by atomic mass is 79.9. The molecule has 0 atom stereocenters. The fourth-order valence-corrected chi connectivity index (χ4v) is 3.60. The van der Waals surface area contributed by atoms with Gasteiger partial charge < -0.3 is 9.72 Å². The molecule has 0 aliphatic carbocycles. The molecule has 3 aromatic rings. The van der Waals surface area contributed by atoms with E-state index in [1.165, 1.54) is 0 Å². The Morgan fingerprint density at radius 1 is 0.900 bits per heavy atom. The van der Waals surface area contributed by atoms with Crippen LogP contribution >= 0.6 is 63.7 Å². The number of nitrogens with one attached hydrogen (secondary N) is 1. The molecular weight excluding hydrogens is 518 g/mol. The zero-order valence-electron chi connectivity index (χ0n) is 9.88. The molecule has 1 aromatic heterocycles. The second kappa shape index (κ2) is 5.83. The highest BCUT2D eigenvalue weighted by Gasteiger charge is 2.10. The Morgan fingerprint density at radius 3 is 2.30 bits per heavy atom. The van der Waals surface area contributed by atoms with Crippen LogP contribution in [0.1, 0.15) is 0 Å². The number of hydrogen-bond donors (Lipinski definition) is 1. The Hall–Kier alpha value is -0.300. The fraction of sp³-hybridized carbons (Fsp3) is 0. The van der Waals surface area contributed by atoms with Gasteiger partial charge in [-0.15, -0.1) is 0 Å². The van der Waals surface area contributed by atoms with Crippen LogP contribution in [0.15, 0.2) is 54.4 Å². The molecule has 0 saturated heterocycles. The van der Waals surface area contributed by atoms with Crippen LogP contribution in [0.5, 0.6) is 11.5 Å². The first kappa shape index (κ1) is 14.6. The Bertz CT molecular complexity index is 774. The average Bonchev–Trinajstić information content (AvgIpc) is 2.78. The van der Waals surface area contributed by atoms with Crippen LogP contribution in [-0.2, 0) is 0 Å². The average molecular weight is 525 g/mol. The summed E-state index contributed by atoms with van der Waals surface area (Å²) in [6.45, 7) is 0. The molecule has 0 saturated carbocycles. The van der Waals surface area contributed by atoms with Crippen molar-refractivity contribution in [3.05, 3.63) is 54.4 Å². The van der Waals surface area contributed by atoms with Gasteiger partial charge in [0.15, 0.2) is 5.75 Å². The molecule has 20 heavy (non-hydrogen) atoms. The zero-order valence-corrected chi connectivity index (χ0v) is 16.2. The molecule has 0 radical (unpaired) electrons. The van der Waals surface area contributed by atoms with E-state index in [0.29, 0.717) is 0 Å². The van der Waals surface area contributed by atoms with Crippen LogP contribution in [0.25, 0.3) is 10.9 Å². The zero-order chi connectivity index (χ0) is 14.3. The van der Waals surface area contributed by atoms with Gasteiger partial charge in [0.2, 0.25) is 0 Å². The van der Waals surface area contributed by atoms with E-state index in [0.717, 1.165) is 40.3 Å². The lowest BCUT2D eigenvalue weighted by atomic mass is 10.2. The van der Waals surface area contributed by atoms with E-state index >= 15 is 0 Å². The van der Waals surface area contributed by atoms with Crippen LogP contribution < -0.4 is 4.74 Å². The van der Waals surface area contributed by atoms with Gasteiger partial charge in [-0.2, -0.15) is 0 Å². The van der Waals surface area contributed by atoms with E-state index in [9.17, 15) is 0 Å². The van der Waals surface area contributed by atoms with Crippen molar-refractivity contribution in [2.75, 3.05) is 0 Å². The van der Waals surface area contributed by atoms with Crippen LogP contribution in [-0.4, -0.2) is 4.98 Å². The predicted octanol–water partition coefficient (Wildman–Crippen LogP) is 7.01. The molecule has 2 nitrogen and oxygen atoms in total. The van der Waals surface area contributed by atoms with Crippen molar-refractivity contribution < 1.29 is 4.74 Å².